The molecule has 1 fully saturated rings. The van der Waals surface area contributed by atoms with Gasteiger partial charge in [-0.05, 0) is 31.9 Å². The molecule has 0 saturated heterocycles. The minimum absolute atomic E-state index is 0.0779. The highest BCUT2D eigenvalue weighted by Gasteiger charge is 2.65. The first-order valence-corrected chi connectivity index (χ1v) is 15.3. The number of Topliss-reactive ketones (excluding diaryl/α,β-unsaturated/α-hetero) is 2. The van der Waals surface area contributed by atoms with Gasteiger partial charge >= 0.3 is 29.8 Å². The van der Waals surface area contributed by atoms with Crippen molar-refractivity contribution in [3.8, 4) is 0 Å². The standard InChI is InChI=1S/C35H42O12/c1-18-15-16-34(8,9)32(41)30(45-23(6)38)29(46-33(42)25-13-11-10-12-14-25)20(3)28(44-22(5)37)26-27(43-21(4)36)19(2)17-35(26,31(18)40)47-24(7)39/h10-16,18-19,26-30H,3,17H2,1-2,4-9H3/b16-15-/t18-,19-,26+,27-,28-,29-,30+,35+/m0/s1. The van der Waals surface area contributed by atoms with Crippen molar-refractivity contribution in [2.24, 2.45) is 23.2 Å². The van der Waals surface area contributed by atoms with Crippen molar-refractivity contribution in [3.63, 3.8) is 0 Å². The summed E-state index contributed by atoms with van der Waals surface area (Å²) < 4.78 is 28.8. The average molecular weight is 655 g/mol. The SMILES string of the molecule is C=C1[C@H](OC(C)=O)[C@H]2[C@@H](OC(C)=O)[C@@H](C)C[C@]2(OC(C)=O)C(=O)[C@@H](C)/C=C\C(C)(C)C(=O)[C@H](OC(C)=O)[C@H]1OC(=O)c1ccccc1. The lowest BCUT2D eigenvalue weighted by atomic mass is 9.72. The summed E-state index contributed by atoms with van der Waals surface area (Å²) in [7, 11) is 0. The number of allylic oxidation sites excluding steroid dienone is 2. The highest BCUT2D eigenvalue weighted by Crippen LogP contribution is 2.51. The number of fused-ring (bicyclic) bond motifs is 1. The Morgan fingerprint density at radius 1 is 0.745 bits per heavy atom. The van der Waals surface area contributed by atoms with Gasteiger partial charge in [-0.15, -0.1) is 0 Å². The lowest BCUT2D eigenvalue weighted by Crippen LogP contribution is -2.58. The molecule has 0 spiro atoms. The molecule has 47 heavy (non-hydrogen) atoms. The molecule has 254 valence electrons. The average Bonchev–Trinajstić information content (AvgIpc) is 3.24. The zero-order valence-electron chi connectivity index (χ0n) is 27.9. The zero-order chi connectivity index (χ0) is 35.4. The Hall–Kier alpha value is -4.61. The maximum atomic E-state index is 14.5. The first-order chi connectivity index (χ1) is 21.8. The zero-order valence-corrected chi connectivity index (χ0v) is 27.9. The summed E-state index contributed by atoms with van der Waals surface area (Å²) in [5.74, 6) is -8.65. The Morgan fingerprint density at radius 3 is 1.83 bits per heavy atom. The number of hydrogen-bond acceptors (Lipinski definition) is 12. The van der Waals surface area contributed by atoms with E-state index in [2.05, 4.69) is 6.58 Å². The molecule has 0 aromatic heterocycles. The molecule has 12 heteroatoms. The van der Waals surface area contributed by atoms with E-state index in [1.165, 1.54) is 38.1 Å². The third-order valence-corrected chi connectivity index (χ3v) is 8.39. The topological polar surface area (TPSA) is 166 Å². The first kappa shape index (κ1) is 36.9. The quantitative estimate of drug-likeness (QED) is 0.247. The van der Waals surface area contributed by atoms with Crippen LogP contribution in [0.2, 0.25) is 0 Å². The van der Waals surface area contributed by atoms with Crippen molar-refractivity contribution in [1.82, 2.24) is 0 Å². The number of ether oxygens (including phenoxy) is 5. The van der Waals surface area contributed by atoms with Crippen molar-refractivity contribution in [2.75, 3.05) is 0 Å². The van der Waals surface area contributed by atoms with Crippen LogP contribution in [0.3, 0.4) is 0 Å². The number of esters is 5. The number of carbonyl (C=O) groups excluding carboxylic acids is 7. The fourth-order valence-electron chi connectivity index (χ4n) is 6.38. The van der Waals surface area contributed by atoms with E-state index in [0.29, 0.717) is 0 Å². The van der Waals surface area contributed by atoms with Gasteiger partial charge in [0, 0.05) is 51.0 Å². The van der Waals surface area contributed by atoms with Crippen LogP contribution >= 0.6 is 0 Å². The molecule has 0 heterocycles. The normalized spacial score (nSPS) is 31.2. The van der Waals surface area contributed by atoms with Gasteiger partial charge in [-0.1, -0.05) is 50.8 Å². The molecule has 0 amide bonds. The molecule has 8 atom stereocenters. The van der Waals surface area contributed by atoms with E-state index in [0.717, 1.165) is 27.7 Å². The molecule has 0 radical (unpaired) electrons. The maximum absolute atomic E-state index is 14.5. The highest BCUT2D eigenvalue weighted by atomic mass is 16.6. The minimum atomic E-state index is -2.05. The summed E-state index contributed by atoms with van der Waals surface area (Å²) in [6.07, 6.45) is -3.71. The van der Waals surface area contributed by atoms with Crippen molar-refractivity contribution < 1.29 is 57.2 Å². The molecule has 1 aromatic rings. The van der Waals surface area contributed by atoms with Crippen molar-refractivity contribution >= 4 is 41.4 Å². The van der Waals surface area contributed by atoms with Crippen LogP contribution in [0.25, 0.3) is 0 Å². The summed E-state index contributed by atoms with van der Waals surface area (Å²) in [6, 6.07) is 7.76. The van der Waals surface area contributed by atoms with Crippen LogP contribution in [-0.2, 0) is 52.5 Å². The van der Waals surface area contributed by atoms with E-state index < -0.39 is 94.6 Å². The van der Waals surface area contributed by atoms with E-state index in [4.69, 9.17) is 23.7 Å². The van der Waals surface area contributed by atoms with Gasteiger partial charge in [0.2, 0.25) is 6.10 Å². The predicted molar refractivity (Wildman–Crippen MR) is 165 cm³/mol. The molecule has 0 bridgehead atoms. The van der Waals surface area contributed by atoms with E-state index in [9.17, 15) is 33.6 Å². The Kier molecular flexibility index (Phi) is 11.3. The van der Waals surface area contributed by atoms with Crippen LogP contribution in [0.15, 0.2) is 54.6 Å². The van der Waals surface area contributed by atoms with Crippen LogP contribution in [0, 0.1) is 23.2 Å². The van der Waals surface area contributed by atoms with E-state index in [1.807, 2.05) is 0 Å². The second-order valence-electron chi connectivity index (χ2n) is 12.7. The van der Waals surface area contributed by atoms with Gasteiger partial charge in [-0.2, -0.15) is 0 Å². The molecule has 3 rings (SSSR count). The molecule has 2 aliphatic rings. The lowest BCUT2D eigenvalue weighted by molar-refractivity contribution is -0.186. The van der Waals surface area contributed by atoms with Gasteiger partial charge in [0.1, 0.15) is 12.2 Å². The summed E-state index contributed by atoms with van der Waals surface area (Å²) in [5.41, 5.74) is -3.66. The van der Waals surface area contributed by atoms with E-state index in [-0.39, 0.29) is 17.6 Å². The van der Waals surface area contributed by atoms with Crippen LogP contribution in [0.5, 0.6) is 0 Å². The first-order valence-electron chi connectivity index (χ1n) is 15.3. The van der Waals surface area contributed by atoms with Crippen LogP contribution < -0.4 is 0 Å². The summed E-state index contributed by atoms with van der Waals surface area (Å²) >= 11 is 0. The monoisotopic (exact) mass is 654 g/mol. The Labute approximate surface area is 273 Å². The molecule has 1 aromatic carbocycles. The predicted octanol–water partition coefficient (Wildman–Crippen LogP) is 3.89. The fourth-order valence-corrected chi connectivity index (χ4v) is 6.38. The van der Waals surface area contributed by atoms with Crippen LogP contribution in [0.4, 0.5) is 0 Å². The van der Waals surface area contributed by atoms with E-state index in [1.54, 1.807) is 32.0 Å². The van der Waals surface area contributed by atoms with Crippen LogP contribution in [0.1, 0.15) is 72.2 Å². The largest absolute Gasteiger partial charge is 0.462 e. The highest BCUT2D eigenvalue weighted by molar-refractivity contribution is 5.96. The Balaban J connectivity index is 2.44. The fraction of sp³-hybridized carbons (Fsp3) is 0.514. The minimum Gasteiger partial charge on any atom is -0.462 e. The molecule has 0 N–H and O–H groups in total. The van der Waals surface area contributed by atoms with Gasteiger partial charge in [0.15, 0.2) is 23.3 Å². The maximum Gasteiger partial charge on any atom is 0.338 e. The Bertz CT molecular complexity index is 1470. The molecule has 0 aliphatic heterocycles. The van der Waals surface area contributed by atoms with E-state index >= 15 is 0 Å². The van der Waals surface area contributed by atoms with Crippen molar-refractivity contribution in [3.05, 3.63) is 60.2 Å². The number of hydrogen-bond donors (Lipinski definition) is 0. The molecule has 2 aliphatic carbocycles. The number of carbonyl (C=O) groups is 7. The smallest absolute Gasteiger partial charge is 0.338 e. The molecule has 12 nitrogen and oxygen atoms in total. The number of rotatable bonds is 6. The van der Waals surface area contributed by atoms with Gasteiger partial charge in [-0.25, -0.2) is 4.79 Å². The molecular formula is C35H42O12. The van der Waals surface area contributed by atoms with Gasteiger partial charge < -0.3 is 23.7 Å². The van der Waals surface area contributed by atoms with Gasteiger partial charge in [0.05, 0.1) is 11.5 Å². The second-order valence-corrected chi connectivity index (χ2v) is 12.7. The second kappa shape index (κ2) is 14.4. The van der Waals surface area contributed by atoms with Gasteiger partial charge in [0.25, 0.3) is 0 Å². The lowest BCUT2D eigenvalue weighted by Gasteiger charge is -2.42. The Morgan fingerprint density at radius 2 is 1.30 bits per heavy atom. The van der Waals surface area contributed by atoms with Crippen LogP contribution in [-0.4, -0.2) is 71.4 Å². The summed E-state index contributed by atoms with van der Waals surface area (Å²) in [4.78, 5) is 92.6. The van der Waals surface area contributed by atoms with Crippen molar-refractivity contribution in [2.45, 2.75) is 91.8 Å². The number of benzene rings is 1. The van der Waals surface area contributed by atoms with Gasteiger partial charge in [-0.3, -0.25) is 28.8 Å². The molecular weight excluding hydrogens is 612 g/mol. The summed E-state index contributed by atoms with van der Waals surface area (Å²) in [5, 5.41) is 0. The molecule has 0 unspecified atom stereocenters. The third kappa shape index (κ3) is 8.04. The summed E-state index contributed by atoms with van der Waals surface area (Å²) in [6.45, 7) is 14.7. The molecule has 1 saturated carbocycles. The third-order valence-electron chi connectivity index (χ3n) is 8.39. The number of ketones is 2. The van der Waals surface area contributed by atoms with Crippen molar-refractivity contribution in [1.29, 1.82) is 0 Å².